The van der Waals surface area contributed by atoms with Gasteiger partial charge in [0.1, 0.15) is 24.2 Å². The fourth-order valence-corrected chi connectivity index (χ4v) is 5.18. The smallest absolute Gasteiger partial charge is 0.149 e. The lowest BCUT2D eigenvalue weighted by molar-refractivity contribution is 0.0668. The Morgan fingerprint density at radius 3 is 2.69 bits per heavy atom. The summed E-state index contributed by atoms with van der Waals surface area (Å²) in [7, 11) is 0. The number of hydrogen-bond donors (Lipinski definition) is 0. The van der Waals surface area contributed by atoms with E-state index in [2.05, 4.69) is 72.6 Å². The van der Waals surface area contributed by atoms with Gasteiger partial charge in [-0.3, -0.25) is 9.29 Å². The third-order valence-electron chi connectivity index (χ3n) is 7.27. The highest BCUT2D eigenvalue weighted by Gasteiger charge is 2.31. The van der Waals surface area contributed by atoms with Crippen molar-refractivity contribution in [2.45, 2.75) is 25.9 Å². The molecule has 181 valence electrons. The maximum absolute atomic E-state index is 12.6. The summed E-state index contributed by atoms with van der Waals surface area (Å²) in [4.78, 5) is 2.23. The van der Waals surface area contributed by atoms with E-state index in [4.69, 9.17) is 9.47 Å². The highest BCUT2D eigenvalue weighted by molar-refractivity contribution is 5.89. The van der Waals surface area contributed by atoms with Crippen LogP contribution < -0.4 is 9.47 Å². The number of halogens is 1. The number of ether oxygens (including phenoxy) is 2. The van der Waals surface area contributed by atoms with Crippen LogP contribution in [0.15, 0.2) is 65.8 Å². The second kappa shape index (κ2) is 9.40. The number of hydrogen-bond acceptors (Lipinski definition) is 3. The molecule has 0 bridgehead atoms. The summed E-state index contributed by atoms with van der Waals surface area (Å²) in [6, 6.07) is 14.7. The molecule has 2 aliphatic carbocycles. The summed E-state index contributed by atoms with van der Waals surface area (Å²) >= 11 is 0. The zero-order valence-electron chi connectivity index (χ0n) is 20.0. The predicted octanol–water partition coefficient (Wildman–Crippen LogP) is 6.69. The molecule has 3 nitrogen and oxygen atoms in total. The van der Waals surface area contributed by atoms with Gasteiger partial charge in [-0.05, 0) is 59.0 Å². The summed E-state index contributed by atoms with van der Waals surface area (Å²) in [5.74, 6) is 8.44. The van der Waals surface area contributed by atoms with Crippen molar-refractivity contribution in [3.63, 3.8) is 0 Å². The van der Waals surface area contributed by atoms with E-state index < -0.39 is 0 Å². The fourth-order valence-electron chi connectivity index (χ4n) is 5.18. The number of rotatable bonds is 8. The van der Waals surface area contributed by atoms with Crippen LogP contribution in [0.4, 0.5) is 4.39 Å². The van der Waals surface area contributed by atoms with E-state index in [1.54, 1.807) is 0 Å². The highest BCUT2D eigenvalue weighted by atomic mass is 19.1. The van der Waals surface area contributed by atoms with Crippen molar-refractivity contribution in [1.82, 2.24) is 4.90 Å². The second-order valence-electron chi connectivity index (χ2n) is 9.70. The first-order valence-electron chi connectivity index (χ1n) is 12.4. The first kappa shape index (κ1) is 22.2. The molecule has 0 N–H and O–H groups in total. The molecule has 6 rings (SSSR count). The molecule has 35 heavy (non-hydrogen) atoms. The van der Waals surface area contributed by atoms with Crippen LogP contribution >= 0.6 is 0 Å². The van der Waals surface area contributed by atoms with E-state index in [-0.39, 0.29) is 21.5 Å². The van der Waals surface area contributed by atoms with E-state index >= 15 is 0 Å². The molecule has 2 aromatic carbocycles. The maximum Gasteiger partial charge on any atom is 0.149 e. The number of allylic oxidation sites excluding steroid dienone is 4. The van der Waals surface area contributed by atoms with Crippen LogP contribution in [0.5, 0.6) is 11.5 Å². The number of nitrogens with zero attached hydrogens (tertiary/aromatic N) is 1. The highest BCUT2D eigenvalue weighted by Crippen LogP contribution is 2.47. The van der Waals surface area contributed by atoms with Crippen molar-refractivity contribution in [3.05, 3.63) is 88.9 Å². The summed E-state index contributed by atoms with van der Waals surface area (Å²) in [5, 5.41) is 0. The van der Waals surface area contributed by atoms with Crippen molar-refractivity contribution in [3.8, 4) is 23.3 Å². The standard InChI is InChI=1S/C31H29FNO2.2H2/c1-21-28-17-26(23-7-8-23)11-14-29(28)35-31(30(21)24-5-3-2-4-6-24)25-9-12-27(13-10-25)34-16-15-33-19-22(18-32)20-33;;/h5,7-14,17,22,31H,3,6,15-16,18-20H2,1H3;2*1H. The number of likely N-dealkylation sites (tertiary alicyclic amines) is 1. The Labute approximate surface area is 209 Å². The van der Waals surface area contributed by atoms with Crippen molar-refractivity contribution in [2.75, 3.05) is 32.9 Å². The zero-order chi connectivity index (χ0) is 23.8. The lowest BCUT2D eigenvalue weighted by Crippen LogP contribution is -2.49. The van der Waals surface area contributed by atoms with Gasteiger partial charge in [0.2, 0.25) is 0 Å². The van der Waals surface area contributed by atoms with E-state index in [1.807, 2.05) is 12.1 Å². The Morgan fingerprint density at radius 1 is 1.14 bits per heavy atom. The molecule has 2 aliphatic heterocycles. The Balaban J connectivity index is 0.00000160. The summed E-state index contributed by atoms with van der Waals surface area (Å²) in [6.07, 6.45) is 7.88. The Morgan fingerprint density at radius 2 is 1.97 bits per heavy atom. The maximum atomic E-state index is 12.6. The topological polar surface area (TPSA) is 21.7 Å². The Kier molecular flexibility index (Phi) is 5.96. The molecular formula is C31H33FNO2. The van der Waals surface area contributed by atoms with Crippen LogP contribution in [-0.4, -0.2) is 37.8 Å². The first-order chi connectivity index (χ1) is 17.2. The third-order valence-corrected chi connectivity index (χ3v) is 7.27. The molecule has 1 atom stereocenters. The van der Waals surface area contributed by atoms with Gasteiger partial charge < -0.3 is 9.47 Å². The van der Waals surface area contributed by atoms with Gasteiger partial charge in [0, 0.05) is 58.8 Å². The van der Waals surface area contributed by atoms with Crippen LogP contribution in [0.2, 0.25) is 0 Å². The minimum absolute atomic E-state index is 0. The van der Waals surface area contributed by atoms with E-state index in [1.165, 1.54) is 27.9 Å². The normalized spacial score (nSPS) is 21.1. The van der Waals surface area contributed by atoms with Gasteiger partial charge in [-0.25, -0.2) is 0 Å². The van der Waals surface area contributed by atoms with Crippen LogP contribution in [0.1, 0.15) is 45.4 Å². The van der Waals surface area contributed by atoms with Gasteiger partial charge in [-0.2, -0.15) is 0 Å². The first-order valence-corrected chi connectivity index (χ1v) is 12.4. The average molecular weight is 471 g/mol. The molecule has 0 amide bonds. The third kappa shape index (κ3) is 4.54. The van der Waals surface area contributed by atoms with Crippen molar-refractivity contribution < 1.29 is 16.7 Å². The molecule has 0 aromatic heterocycles. The van der Waals surface area contributed by atoms with Crippen LogP contribution in [0, 0.1) is 24.2 Å². The molecule has 1 unspecified atom stereocenters. The largest absolute Gasteiger partial charge is 0.492 e. The molecule has 1 saturated heterocycles. The lowest BCUT2D eigenvalue weighted by Gasteiger charge is -2.37. The molecule has 0 spiro atoms. The second-order valence-corrected chi connectivity index (χ2v) is 9.70. The Hall–Kier alpha value is -3.29. The molecule has 2 heterocycles. The Bertz CT molecular complexity index is 1300. The summed E-state index contributed by atoms with van der Waals surface area (Å²) < 4.78 is 25.2. The molecular weight excluding hydrogens is 437 g/mol. The molecule has 0 saturated carbocycles. The minimum atomic E-state index is -0.218. The van der Waals surface area contributed by atoms with Gasteiger partial charge in [0.15, 0.2) is 0 Å². The van der Waals surface area contributed by atoms with E-state index in [0.717, 1.165) is 55.1 Å². The van der Waals surface area contributed by atoms with Gasteiger partial charge in [-0.15, -0.1) is 0 Å². The molecule has 4 heteroatoms. The number of alkyl halides is 1. The van der Waals surface area contributed by atoms with Gasteiger partial charge >= 0.3 is 0 Å². The predicted molar refractivity (Wildman–Crippen MR) is 142 cm³/mol. The van der Waals surface area contributed by atoms with Gasteiger partial charge in [-0.1, -0.05) is 42.2 Å². The molecule has 1 fully saturated rings. The van der Waals surface area contributed by atoms with Crippen molar-refractivity contribution in [2.24, 2.45) is 5.92 Å². The van der Waals surface area contributed by atoms with Crippen molar-refractivity contribution >= 4 is 11.1 Å². The minimum Gasteiger partial charge on any atom is -0.492 e. The number of benzene rings is 2. The zero-order valence-corrected chi connectivity index (χ0v) is 20.0. The SMILES string of the molecule is CC1=C(C2=CCC#CC2)C(c2ccc(OCCN3CC(CF)C3)cc2)Oc2ccc(C3=C[CH]3)cc21.[HH].[HH]. The quantitative estimate of drug-likeness (QED) is 0.401. The summed E-state index contributed by atoms with van der Waals surface area (Å²) in [6.45, 7) is 5.11. The number of fused-ring (bicyclic) bond motifs is 1. The van der Waals surface area contributed by atoms with Crippen molar-refractivity contribution in [1.29, 1.82) is 0 Å². The van der Waals surface area contributed by atoms with Crippen LogP contribution in [0.3, 0.4) is 0 Å². The van der Waals surface area contributed by atoms with E-state index in [0.29, 0.717) is 6.61 Å². The monoisotopic (exact) mass is 470 g/mol. The van der Waals surface area contributed by atoms with Crippen LogP contribution in [-0.2, 0) is 0 Å². The lowest BCUT2D eigenvalue weighted by atomic mass is 9.83. The average Bonchev–Trinajstić information content (AvgIpc) is 3.72. The molecule has 2 aromatic rings. The fraction of sp³-hybridized carbons (Fsp3) is 0.323. The van der Waals surface area contributed by atoms with Gasteiger partial charge in [0.05, 0.1) is 6.67 Å². The van der Waals surface area contributed by atoms with E-state index in [9.17, 15) is 4.39 Å². The van der Waals surface area contributed by atoms with Gasteiger partial charge in [0.25, 0.3) is 0 Å². The molecule has 4 aliphatic rings. The molecule has 1 radical (unpaired) electrons. The van der Waals surface area contributed by atoms with Crippen LogP contribution in [0.25, 0.3) is 11.1 Å². The summed E-state index contributed by atoms with van der Waals surface area (Å²) in [5.41, 5.74) is 8.55.